The molecule has 0 aliphatic heterocycles. The van der Waals surface area contributed by atoms with E-state index in [-0.39, 0.29) is 0 Å². The van der Waals surface area contributed by atoms with E-state index in [0.29, 0.717) is 17.0 Å². The monoisotopic (exact) mass is 326 g/mol. The van der Waals surface area contributed by atoms with Crippen molar-refractivity contribution in [2.45, 2.75) is 0 Å². The number of carbonyl (C=O) groups is 1. The van der Waals surface area contributed by atoms with Gasteiger partial charge in [0.2, 0.25) is 0 Å². The van der Waals surface area contributed by atoms with Gasteiger partial charge < -0.3 is 5.73 Å². The van der Waals surface area contributed by atoms with Crippen molar-refractivity contribution in [2.24, 2.45) is 5.73 Å². The molecule has 1 radical (unpaired) electrons. The fraction of sp³-hybridized carbons (Fsp3) is 0. The Balaban J connectivity index is 1.86. The standard InChI is InChI=1S/C19H12N5O/c20-19(25)24-17(23-15-9-21-10-22-18(15)24)14-7-3-5-12-8-11-4-1-2-6-13(11)16(12)14/h1-10H,(H2,20,25). The van der Waals surface area contributed by atoms with Crippen molar-refractivity contribution in [1.82, 2.24) is 19.5 Å². The Labute approximate surface area is 143 Å². The first-order valence-electron chi connectivity index (χ1n) is 7.80. The van der Waals surface area contributed by atoms with Crippen molar-refractivity contribution in [1.29, 1.82) is 0 Å². The van der Waals surface area contributed by atoms with Gasteiger partial charge in [0.05, 0.1) is 6.20 Å². The number of hydrogen-bond donors (Lipinski definition) is 1. The number of fused-ring (bicyclic) bond motifs is 4. The van der Waals surface area contributed by atoms with Crippen molar-refractivity contribution in [3.8, 4) is 22.5 Å². The minimum atomic E-state index is -0.621. The number of nitrogens with two attached hydrogens (primary N) is 1. The van der Waals surface area contributed by atoms with Crippen LogP contribution in [0.5, 0.6) is 0 Å². The molecule has 2 heterocycles. The van der Waals surface area contributed by atoms with E-state index in [0.717, 1.165) is 27.8 Å². The van der Waals surface area contributed by atoms with E-state index < -0.39 is 6.03 Å². The van der Waals surface area contributed by atoms with Crippen molar-refractivity contribution in [3.05, 3.63) is 72.5 Å². The summed E-state index contributed by atoms with van der Waals surface area (Å²) < 4.78 is 1.34. The Bertz CT molecular complexity index is 1160. The van der Waals surface area contributed by atoms with Crippen molar-refractivity contribution < 1.29 is 4.79 Å². The molecule has 2 aromatic carbocycles. The van der Waals surface area contributed by atoms with Gasteiger partial charge in [0.1, 0.15) is 11.8 Å². The van der Waals surface area contributed by atoms with Crippen LogP contribution in [0.1, 0.15) is 11.1 Å². The number of imidazole rings is 1. The SMILES string of the molecule is NC(=O)n1c(-c2cccc3c2-c2ccccc2[CH]3)nc2cncnc21. The molecular weight excluding hydrogens is 314 g/mol. The van der Waals surface area contributed by atoms with E-state index in [2.05, 4.69) is 39.6 Å². The number of hydrogen-bond acceptors (Lipinski definition) is 4. The lowest BCUT2D eigenvalue weighted by molar-refractivity contribution is 0.251. The molecule has 0 bridgehead atoms. The number of rotatable bonds is 1. The molecule has 0 unspecified atom stereocenters. The molecule has 0 saturated carbocycles. The van der Waals surface area contributed by atoms with Crippen LogP contribution in [0.4, 0.5) is 4.79 Å². The Hall–Kier alpha value is -3.54. The number of nitrogens with zero attached hydrogens (tertiary/aromatic N) is 4. The highest BCUT2D eigenvalue weighted by Gasteiger charge is 2.26. The summed E-state index contributed by atoms with van der Waals surface area (Å²) in [6.07, 6.45) is 5.09. The van der Waals surface area contributed by atoms with Gasteiger partial charge in [-0.25, -0.2) is 24.3 Å². The van der Waals surface area contributed by atoms with Gasteiger partial charge in [-0.15, -0.1) is 0 Å². The minimum Gasteiger partial charge on any atom is -0.351 e. The summed E-state index contributed by atoms with van der Waals surface area (Å²) >= 11 is 0. The molecule has 0 fully saturated rings. The van der Waals surface area contributed by atoms with Crippen LogP contribution in [0.25, 0.3) is 33.7 Å². The quantitative estimate of drug-likeness (QED) is 0.513. The fourth-order valence-electron chi connectivity index (χ4n) is 3.42. The Morgan fingerprint density at radius 2 is 1.80 bits per heavy atom. The Kier molecular flexibility index (Phi) is 2.76. The summed E-state index contributed by atoms with van der Waals surface area (Å²) in [7, 11) is 0. The normalized spacial score (nSPS) is 12.2. The molecule has 6 heteroatoms. The maximum atomic E-state index is 12.1. The van der Waals surface area contributed by atoms with Gasteiger partial charge in [-0.3, -0.25) is 0 Å². The Morgan fingerprint density at radius 3 is 2.68 bits per heavy atom. The summed E-state index contributed by atoms with van der Waals surface area (Å²) in [6.45, 7) is 0. The van der Waals surface area contributed by atoms with E-state index >= 15 is 0 Å². The zero-order valence-corrected chi connectivity index (χ0v) is 13.0. The average molecular weight is 326 g/mol. The van der Waals surface area contributed by atoms with Crippen LogP contribution >= 0.6 is 0 Å². The molecule has 0 saturated heterocycles. The van der Waals surface area contributed by atoms with E-state index in [1.807, 2.05) is 24.3 Å². The molecule has 25 heavy (non-hydrogen) atoms. The topological polar surface area (TPSA) is 86.7 Å². The minimum absolute atomic E-state index is 0.408. The molecule has 1 aliphatic carbocycles. The number of benzene rings is 2. The summed E-state index contributed by atoms with van der Waals surface area (Å²) in [6, 6.07) is 13.5. The molecule has 0 atom stereocenters. The fourth-order valence-corrected chi connectivity index (χ4v) is 3.42. The average Bonchev–Trinajstić information content (AvgIpc) is 3.19. The maximum absolute atomic E-state index is 12.1. The molecule has 6 nitrogen and oxygen atoms in total. The summed E-state index contributed by atoms with van der Waals surface area (Å²) in [5.41, 5.74) is 11.8. The van der Waals surface area contributed by atoms with Gasteiger partial charge in [0.25, 0.3) is 0 Å². The third kappa shape index (κ3) is 1.91. The lowest BCUT2D eigenvalue weighted by Crippen LogP contribution is -2.21. The van der Waals surface area contributed by atoms with Gasteiger partial charge in [-0.05, 0) is 22.3 Å². The summed E-state index contributed by atoms with van der Waals surface area (Å²) in [5.74, 6) is 0.477. The van der Waals surface area contributed by atoms with Gasteiger partial charge in [0, 0.05) is 12.0 Å². The highest BCUT2D eigenvalue weighted by atomic mass is 16.2. The van der Waals surface area contributed by atoms with E-state index in [1.165, 1.54) is 10.9 Å². The van der Waals surface area contributed by atoms with Gasteiger partial charge in [-0.1, -0.05) is 42.5 Å². The second-order valence-corrected chi connectivity index (χ2v) is 5.84. The molecular formula is C19H12N5O. The van der Waals surface area contributed by atoms with E-state index in [9.17, 15) is 4.79 Å². The molecule has 1 aliphatic rings. The van der Waals surface area contributed by atoms with Crippen LogP contribution in [0, 0.1) is 6.42 Å². The second kappa shape index (κ2) is 4.98. The first kappa shape index (κ1) is 13.9. The third-order valence-corrected chi connectivity index (χ3v) is 4.42. The predicted molar refractivity (Wildman–Crippen MR) is 93.7 cm³/mol. The lowest BCUT2D eigenvalue weighted by Gasteiger charge is -2.10. The highest BCUT2D eigenvalue weighted by Crippen LogP contribution is 2.43. The van der Waals surface area contributed by atoms with Crippen LogP contribution in [0.15, 0.2) is 55.0 Å². The molecule has 2 aromatic heterocycles. The number of aromatic nitrogens is 4. The van der Waals surface area contributed by atoms with Crippen LogP contribution in [0.2, 0.25) is 0 Å². The maximum Gasteiger partial charge on any atom is 0.326 e. The molecule has 119 valence electrons. The van der Waals surface area contributed by atoms with Crippen molar-refractivity contribution in [3.63, 3.8) is 0 Å². The van der Waals surface area contributed by atoms with Crippen LogP contribution < -0.4 is 5.73 Å². The molecule has 5 rings (SSSR count). The summed E-state index contributed by atoms with van der Waals surface area (Å²) in [4.78, 5) is 24.8. The van der Waals surface area contributed by atoms with Crippen LogP contribution in [0.3, 0.4) is 0 Å². The Morgan fingerprint density at radius 1 is 1.00 bits per heavy atom. The van der Waals surface area contributed by atoms with Crippen LogP contribution in [-0.4, -0.2) is 25.6 Å². The first-order valence-corrected chi connectivity index (χ1v) is 7.80. The van der Waals surface area contributed by atoms with Crippen LogP contribution in [-0.2, 0) is 0 Å². The smallest absolute Gasteiger partial charge is 0.326 e. The molecule has 2 N–H and O–H groups in total. The second-order valence-electron chi connectivity index (χ2n) is 5.84. The van der Waals surface area contributed by atoms with Crippen molar-refractivity contribution >= 4 is 17.2 Å². The molecule has 1 amide bonds. The van der Waals surface area contributed by atoms with Gasteiger partial charge in [-0.2, -0.15) is 0 Å². The first-order chi connectivity index (χ1) is 12.2. The van der Waals surface area contributed by atoms with Gasteiger partial charge in [0.15, 0.2) is 11.5 Å². The number of primary amides is 1. The van der Waals surface area contributed by atoms with E-state index in [4.69, 9.17) is 5.73 Å². The largest absolute Gasteiger partial charge is 0.351 e. The zero-order chi connectivity index (χ0) is 17.0. The number of carbonyl (C=O) groups excluding carboxylic acids is 1. The van der Waals surface area contributed by atoms with E-state index in [1.54, 1.807) is 6.20 Å². The van der Waals surface area contributed by atoms with Crippen molar-refractivity contribution in [2.75, 3.05) is 0 Å². The molecule has 4 aromatic rings. The highest BCUT2D eigenvalue weighted by molar-refractivity contribution is 5.97. The zero-order valence-electron chi connectivity index (χ0n) is 13.0. The summed E-state index contributed by atoms with van der Waals surface area (Å²) in [5, 5.41) is 0. The number of amides is 1. The third-order valence-electron chi connectivity index (χ3n) is 4.42. The molecule has 0 spiro atoms. The van der Waals surface area contributed by atoms with Gasteiger partial charge >= 0.3 is 6.03 Å². The predicted octanol–water partition coefficient (Wildman–Crippen LogP) is 3.00. The lowest BCUT2D eigenvalue weighted by atomic mass is 9.99.